The lowest BCUT2D eigenvalue weighted by Crippen LogP contribution is -2.15. The van der Waals surface area contributed by atoms with Crippen LogP contribution in [0.2, 0.25) is 0 Å². The SMILES string of the molecule is Cc1cccc(C(C)C)c1NC(=O)c1ccc2c(c1)CNC2.Cl. The van der Waals surface area contributed by atoms with Crippen LogP contribution < -0.4 is 10.6 Å². The van der Waals surface area contributed by atoms with Crippen LogP contribution >= 0.6 is 12.4 Å². The van der Waals surface area contributed by atoms with Crippen LogP contribution in [0.15, 0.2) is 36.4 Å². The first-order chi connectivity index (χ1) is 10.6. The monoisotopic (exact) mass is 330 g/mol. The number of carbonyl (C=O) groups excluding carboxylic acids is 1. The van der Waals surface area contributed by atoms with E-state index in [1.807, 2.05) is 37.3 Å². The molecule has 3 rings (SSSR count). The van der Waals surface area contributed by atoms with Crippen molar-refractivity contribution in [2.24, 2.45) is 0 Å². The van der Waals surface area contributed by atoms with Gasteiger partial charge in [-0.2, -0.15) is 0 Å². The average molecular weight is 331 g/mol. The number of fused-ring (bicyclic) bond motifs is 1. The van der Waals surface area contributed by atoms with Crippen LogP contribution in [-0.2, 0) is 13.1 Å². The Labute approximate surface area is 143 Å². The van der Waals surface area contributed by atoms with E-state index in [0.29, 0.717) is 5.92 Å². The molecule has 0 fully saturated rings. The van der Waals surface area contributed by atoms with E-state index in [1.165, 1.54) is 16.7 Å². The Balaban J connectivity index is 0.00000192. The topological polar surface area (TPSA) is 41.1 Å². The number of hydrogen-bond acceptors (Lipinski definition) is 2. The standard InChI is InChI=1S/C19H22N2O.ClH/c1-12(2)17-6-4-5-13(3)18(17)21-19(22)14-7-8-15-10-20-11-16(15)9-14;/h4-9,12,20H,10-11H2,1-3H3,(H,21,22);1H. The molecule has 3 nitrogen and oxygen atoms in total. The predicted octanol–water partition coefficient (Wildman–Crippen LogP) is 4.40. The summed E-state index contributed by atoms with van der Waals surface area (Å²) in [6.45, 7) is 8.07. The summed E-state index contributed by atoms with van der Waals surface area (Å²) in [6.07, 6.45) is 0. The van der Waals surface area contributed by atoms with Crippen molar-refractivity contribution in [2.45, 2.75) is 39.8 Å². The summed E-state index contributed by atoms with van der Waals surface area (Å²) < 4.78 is 0. The van der Waals surface area contributed by atoms with Crippen LogP contribution in [0.1, 0.15) is 52.4 Å². The van der Waals surface area contributed by atoms with Gasteiger partial charge in [0.1, 0.15) is 0 Å². The van der Waals surface area contributed by atoms with Gasteiger partial charge in [0.2, 0.25) is 0 Å². The molecule has 0 spiro atoms. The lowest BCUT2D eigenvalue weighted by atomic mass is 9.98. The molecule has 4 heteroatoms. The normalized spacial score (nSPS) is 12.7. The number of halogens is 1. The van der Waals surface area contributed by atoms with Crippen molar-refractivity contribution < 1.29 is 4.79 Å². The molecule has 0 saturated heterocycles. The summed E-state index contributed by atoms with van der Waals surface area (Å²) in [6, 6.07) is 12.1. The molecule has 122 valence electrons. The second-order valence-corrected chi connectivity index (χ2v) is 6.24. The third kappa shape index (κ3) is 3.57. The van der Waals surface area contributed by atoms with Gasteiger partial charge in [0.15, 0.2) is 0 Å². The van der Waals surface area contributed by atoms with Gasteiger partial charge in [-0.3, -0.25) is 4.79 Å². The quantitative estimate of drug-likeness (QED) is 0.876. The summed E-state index contributed by atoms with van der Waals surface area (Å²) in [5.74, 6) is 0.338. The van der Waals surface area contributed by atoms with Crippen LogP contribution in [0.25, 0.3) is 0 Å². The highest BCUT2D eigenvalue weighted by Gasteiger charge is 2.16. The van der Waals surface area contributed by atoms with E-state index in [2.05, 4.69) is 30.5 Å². The van der Waals surface area contributed by atoms with Crippen molar-refractivity contribution in [3.05, 3.63) is 64.2 Å². The summed E-state index contributed by atoms with van der Waals surface area (Å²) in [5.41, 5.74) is 6.46. The lowest BCUT2D eigenvalue weighted by Gasteiger charge is -2.16. The first-order valence-electron chi connectivity index (χ1n) is 7.79. The van der Waals surface area contributed by atoms with Crippen molar-refractivity contribution in [2.75, 3.05) is 5.32 Å². The zero-order valence-corrected chi connectivity index (χ0v) is 14.6. The van der Waals surface area contributed by atoms with Gasteiger partial charge in [-0.05, 0) is 47.2 Å². The summed E-state index contributed by atoms with van der Waals surface area (Å²) in [7, 11) is 0. The molecule has 0 atom stereocenters. The summed E-state index contributed by atoms with van der Waals surface area (Å²) in [5, 5.41) is 6.41. The third-order valence-corrected chi connectivity index (χ3v) is 4.26. The second-order valence-electron chi connectivity index (χ2n) is 6.24. The van der Waals surface area contributed by atoms with E-state index >= 15 is 0 Å². The maximum absolute atomic E-state index is 12.6. The molecule has 1 heterocycles. The molecule has 0 saturated carbocycles. The summed E-state index contributed by atoms with van der Waals surface area (Å²) >= 11 is 0. The number of nitrogens with one attached hydrogen (secondary N) is 2. The van der Waals surface area contributed by atoms with Gasteiger partial charge in [0, 0.05) is 24.3 Å². The molecule has 0 radical (unpaired) electrons. The smallest absolute Gasteiger partial charge is 0.255 e. The van der Waals surface area contributed by atoms with Crippen molar-refractivity contribution >= 4 is 24.0 Å². The second kappa shape index (κ2) is 7.16. The number of hydrogen-bond donors (Lipinski definition) is 2. The number of amides is 1. The predicted molar refractivity (Wildman–Crippen MR) is 97.5 cm³/mol. The van der Waals surface area contributed by atoms with Crippen LogP contribution in [0.5, 0.6) is 0 Å². The molecule has 1 aliphatic rings. The van der Waals surface area contributed by atoms with Crippen LogP contribution in [-0.4, -0.2) is 5.91 Å². The Morgan fingerprint density at radius 3 is 2.61 bits per heavy atom. The van der Waals surface area contributed by atoms with Gasteiger partial charge in [-0.25, -0.2) is 0 Å². The summed E-state index contributed by atoms with van der Waals surface area (Å²) in [4.78, 5) is 12.6. The number of carbonyl (C=O) groups is 1. The van der Waals surface area contributed by atoms with Gasteiger partial charge < -0.3 is 10.6 Å². The average Bonchev–Trinajstić information content (AvgIpc) is 2.96. The Bertz CT molecular complexity index is 725. The van der Waals surface area contributed by atoms with Gasteiger partial charge in [0.05, 0.1) is 0 Å². The highest BCUT2D eigenvalue weighted by atomic mass is 35.5. The van der Waals surface area contributed by atoms with Gasteiger partial charge in [0.25, 0.3) is 5.91 Å². The minimum absolute atomic E-state index is 0. The van der Waals surface area contributed by atoms with Gasteiger partial charge in [-0.1, -0.05) is 38.1 Å². The van der Waals surface area contributed by atoms with Crippen molar-refractivity contribution in [1.29, 1.82) is 0 Å². The number of aryl methyl sites for hydroxylation is 1. The van der Waals surface area contributed by atoms with Gasteiger partial charge >= 0.3 is 0 Å². The Kier molecular flexibility index (Phi) is 5.45. The molecule has 0 unspecified atom stereocenters. The molecule has 0 bridgehead atoms. The zero-order valence-electron chi connectivity index (χ0n) is 13.8. The zero-order chi connectivity index (χ0) is 15.7. The van der Waals surface area contributed by atoms with Crippen LogP contribution in [0.4, 0.5) is 5.69 Å². The molecule has 0 aliphatic carbocycles. The molecule has 0 aromatic heterocycles. The number of anilines is 1. The molecular formula is C19H23ClN2O. The fourth-order valence-corrected chi connectivity index (χ4v) is 2.96. The van der Waals surface area contributed by atoms with E-state index in [-0.39, 0.29) is 18.3 Å². The molecule has 2 N–H and O–H groups in total. The number of benzene rings is 2. The Morgan fingerprint density at radius 1 is 1.13 bits per heavy atom. The highest BCUT2D eigenvalue weighted by Crippen LogP contribution is 2.28. The fourth-order valence-electron chi connectivity index (χ4n) is 2.96. The minimum Gasteiger partial charge on any atom is -0.321 e. The third-order valence-electron chi connectivity index (χ3n) is 4.26. The largest absolute Gasteiger partial charge is 0.321 e. The first-order valence-corrected chi connectivity index (χ1v) is 7.79. The van der Waals surface area contributed by atoms with Crippen LogP contribution in [0, 0.1) is 6.92 Å². The highest BCUT2D eigenvalue weighted by molar-refractivity contribution is 6.05. The molecule has 23 heavy (non-hydrogen) atoms. The minimum atomic E-state index is -0.0362. The lowest BCUT2D eigenvalue weighted by molar-refractivity contribution is 0.102. The van der Waals surface area contributed by atoms with E-state index in [1.54, 1.807) is 0 Å². The maximum atomic E-state index is 12.6. The molecular weight excluding hydrogens is 308 g/mol. The van der Waals surface area contributed by atoms with E-state index in [9.17, 15) is 4.79 Å². The number of para-hydroxylation sites is 1. The van der Waals surface area contributed by atoms with Gasteiger partial charge in [-0.15, -0.1) is 12.4 Å². The van der Waals surface area contributed by atoms with Crippen molar-refractivity contribution in [3.8, 4) is 0 Å². The molecule has 2 aromatic rings. The Hall–Kier alpha value is -1.84. The van der Waals surface area contributed by atoms with E-state index in [0.717, 1.165) is 29.9 Å². The maximum Gasteiger partial charge on any atom is 0.255 e. The van der Waals surface area contributed by atoms with E-state index in [4.69, 9.17) is 0 Å². The van der Waals surface area contributed by atoms with Crippen molar-refractivity contribution in [1.82, 2.24) is 5.32 Å². The van der Waals surface area contributed by atoms with E-state index < -0.39 is 0 Å². The number of rotatable bonds is 3. The van der Waals surface area contributed by atoms with Crippen LogP contribution in [0.3, 0.4) is 0 Å². The fraction of sp³-hybridized carbons (Fsp3) is 0.316. The van der Waals surface area contributed by atoms with Crippen molar-refractivity contribution in [3.63, 3.8) is 0 Å². The molecule has 1 aliphatic heterocycles. The Morgan fingerprint density at radius 2 is 1.87 bits per heavy atom. The molecule has 1 amide bonds. The first kappa shape index (κ1) is 17.5. The molecule has 2 aromatic carbocycles.